The summed E-state index contributed by atoms with van der Waals surface area (Å²) in [6, 6.07) is 2.93. The Labute approximate surface area is 169 Å². The van der Waals surface area contributed by atoms with Gasteiger partial charge in [0.25, 0.3) is 11.7 Å². The molecule has 1 atom stereocenters. The molecule has 30 heavy (non-hydrogen) atoms. The lowest BCUT2D eigenvalue weighted by atomic mass is 10.1. The Morgan fingerprint density at radius 2 is 2.00 bits per heavy atom. The zero-order valence-electron chi connectivity index (χ0n) is 16.0. The number of likely N-dealkylation sites (tertiary alicyclic amines) is 1. The van der Waals surface area contributed by atoms with Gasteiger partial charge in [0.1, 0.15) is 6.04 Å². The lowest BCUT2D eigenvalue weighted by Gasteiger charge is -2.35. The molecule has 2 fully saturated rings. The van der Waals surface area contributed by atoms with Gasteiger partial charge in [-0.1, -0.05) is 0 Å². The van der Waals surface area contributed by atoms with Crippen LogP contribution in [0.1, 0.15) is 25.7 Å². The van der Waals surface area contributed by atoms with Crippen LogP contribution in [0.4, 0.5) is 20.7 Å². The van der Waals surface area contributed by atoms with Crippen LogP contribution in [-0.2, 0) is 4.79 Å². The maximum absolute atomic E-state index is 13.5. The number of rotatable bonds is 3. The number of carbonyl (C=O) groups is 1. The number of hydrogen-bond acceptors (Lipinski definition) is 8. The van der Waals surface area contributed by atoms with E-state index in [2.05, 4.69) is 20.1 Å². The summed E-state index contributed by atoms with van der Waals surface area (Å²) in [5.74, 6) is -1.50. The molecule has 10 nitrogen and oxygen atoms in total. The number of nitrogen functional groups attached to an aromatic ring is 1. The van der Waals surface area contributed by atoms with Crippen LogP contribution in [0.5, 0.6) is 0 Å². The van der Waals surface area contributed by atoms with Crippen LogP contribution >= 0.6 is 0 Å². The minimum absolute atomic E-state index is 0.0505. The second-order valence-corrected chi connectivity index (χ2v) is 7.54. The first-order valence-corrected chi connectivity index (χ1v) is 9.79. The Morgan fingerprint density at radius 1 is 1.20 bits per heavy atom. The largest absolute Gasteiger partial charge is 0.461 e. The number of nitrogens with zero attached hydrogens (tertiary/aromatic N) is 7. The number of piperidine rings is 1. The summed E-state index contributed by atoms with van der Waals surface area (Å²) in [6.07, 6.45) is 2.26. The number of alkyl halides is 2. The van der Waals surface area contributed by atoms with E-state index >= 15 is 0 Å². The normalized spacial score (nSPS) is 21.5. The molecule has 2 saturated heterocycles. The van der Waals surface area contributed by atoms with Crippen molar-refractivity contribution in [2.24, 2.45) is 0 Å². The van der Waals surface area contributed by atoms with Crippen LogP contribution < -0.4 is 10.6 Å². The third-order valence-corrected chi connectivity index (χ3v) is 5.56. The molecule has 0 aromatic carbocycles. The van der Waals surface area contributed by atoms with Crippen LogP contribution in [0.2, 0.25) is 0 Å². The van der Waals surface area contributed by atoms with Crippen molar-refractivity contribution in [3.05, 3.63) is 18.4 Å². The number of hydrogen-bond donors (Lipinski definition) is 1. The summed E-state index contributed by atoms with van der Waals surface area (Å²) in [5, 5.41) is 4.26. The van der Waals surface area contributed by atoms with E-state index in [9.17, 15) is 13.6 Å². The van der Waals surface area contributed by atoms with E-state index in [1.54, 1.807) is 17.0 Å². The van der Waals surface area contributed by atoms with Gasteiger partial charge in [-0.25, -0.2) is 8.78 Å². The minimum Gasteiger partial charge on any atom is -0.461 e. The maximum atomic E-state index is 13.5. The standard InChI is InChI=1S/C18H20F2N8O2/c19-18(20)5-8-26(9-6-18)14(29)11-3-1-7-27(11)16-23-15(21)28-17(24-16)22-13(25-28)12-4-2-10-30-12/h2,4,10-11H,1,3,5-9H2,(H2,21,22,23,24,25)/t11-/m0/s1. The van der Waals surface area contributed by atoms with Gasteiger partial charge >= 0.3 is 0 Å². The summed E-state index contributed by atoms with van der Waals surface area (Å²) in [4.78, 5) is 29.4. The molecule has 2 aliphatic rings. The number of fused-ring (bicyclic) bond motifs is 1. The summed E-state index contributed by atoms with van der Waals surface area (Å²) < 4.78 is 33.5. The molecule has 0 radical (unpaired) electrons. The SMILES string of the molecule is Nc1nc(N2CCC[C@H]2C(=O)N2CCC(F)(F)CC2)nc2nc(-c3ccco3)nn12. The Balaban J connectivity index is 1.42. The maximum Gasteiger partial charge on any atom is 0.259 e. The minimum atomic E-state index is -2.70. The molecule has 5 rings (SSSR count). The first-order chi connectivity index (χ1) is 14.4. The molecular weight excluding hydrogens is 398 g/mol. The highest BCUT2D eigenvalue weighted by Crippen LogP contribution is 2.30. The Bertz CT molecular complexity index is 1070. The molecule has 0 aliphatic carbocycles. The van der Waals surface area contributed by atoms with E-state index in [1.807, 2.05) is 0 Å². The lowest BCUT2D eigenvalue weighted by molar-refractivity contribution is -0.138. The smallest absolute Gasteiger partial charge is 0.259 e. The van der Waals surface area contributed by atoms with Gasteiger partial charge in [-0.05, 0) is 25.0 Å². The number of amides is 1. The molecule has 3 aromatic heterocycles. The highest BCUT2D eigenvalue weighted by atomic mass is 19.3. The third kappa shape index (κ3) is 3.21. The molecule has 2 N–H and O–H groups in total. The molecule has 3 aromatic rings. The van der Waals surface area contributed by atoms with Gasteiger partial charge in [-0.15, -0.1) is 5.10 Å². The van der Waals surface area contributed by atoms with Gasteiger partial charge in [-0.3, -0.25) is 4.79 Å². The fourth-order valence-corrected chi connectivity index (χ4v) is 3.96. The van der Waals surface area contributed by atoms with Gasteiger partial charge in [0, 0.05) is 32.5 Å². The predicted molar refractivity (Wildman–Crippen MR) is 102 cm³/mol. The fraction of sp³-hybridized carbons (Fsp3) is 0.500. The van der Waals surface area contributed by atoms with Crippen molar-refractivity contribution in [2.75, 3.05) is 30.3 Å². The second kappa shape index (κ2) is 6.89. The quantitative estimate of drug-likeness (QED) is 0.681. The van der Waals surface area contributed by atoms with E-state index in [-0.39, 0.29) is 49.5 Å². The molecule has 1 amide bonds. The average Bonchev–Trinajstić information content (AvgIpc) is 3.46. The molecule has 0 spiro atoms. The third-order valence-electron chi connectivity index (χ3n) is 5.56. The Kier molecular flexibility index (Phi) is 4.29. The number of furan rings is 1. The first-order valence-electron chi connectivity index (χ1n) is 9.79. The first kappa shape index (κ1) is 18.7. The second-order valence-electron chi connectivity index (χ2n) is 7.54. The van der Waals surface area contributed by atoms with Gasteiger partial charge < -0.3 is 20.0 Å². The van der Waals surface area contributed by atoms with Crippen molar-refractivity contribution in [3.63, 3.8) is 0 Å². The summed E-state index contributed by atoms with van der Waals surface area (Å²) in [6.45, 7) is 0.666. The van der Waals surface area contributed by atoms with Gasteiger partial charge in [0.15, 0.2) is 5.76 Å². The summed E-state index contributed by atoms with van der Waals surface area (Å²) in [5.41, 5.74) is 6.06. The summed E-state index contributed by atoms with van der Waals surface area (Å²) in [7, 11) is 0. The van der Waals surface area contributed by atoms with Gasteiger partial charge in [0.05, 0.1) is 6.26 Å². The van der Waals surface area contributed by atoms with Crippen molar-refractivity contribution < 1.29 is 18.0 Å². The van der Waals surface area contributed by atoms with Crippen LogP contribution in [-0.4, -0.2) is 67.0 Å². The number of anilines is 2. The van der Waals surface area contributed by atoms with Crippen molar-refractivity contribution >= 4 is 23.6 Å². The molecule has 2 aliphatic heterocycles. The zero-order valence-corrected chi connectivity index (χ0v) is 16.0. The molecule has 0 saturated carbocycles. The predicted octanol–water partition coefficient (Wildman–Crippen LogP) is 1.59. The topological polar surface area (TPSA) is 119 Å². The van der Waals surface area contributed by atoms with Crippen molar-refractivity contribution in [3.8, 4) is 11.6 Å². The van der Waals surface area contributed by atoms with Gasteiger partial charge in [0.2, 0.25) is 23.6 Å². The number of aromatic nitrogens is 5. The van der Waals surface area contributed by atoms with E-state index in [0.717, 1.165) is 6.42 Å². The molecular formula is C18H20F2N8O2. The number of halogens is 2. The van der Waals surface area contributed by atoms with Crippen molar-refractivity contribution in [2.45, 2.75) is 37.6 Å². The van der Waals surface area contributed by atoms with Crippen molar-refractivity contribution in [1.82, 2.24) is 29.5 Å². The van der Waals surface area contributed by atoms with Crippen LogP contribution in [0.15, 0.2) is 22.8 Å². The van der Waals surface area contributed by atoms with Crippen molar-refractivity contribution in [1.29, 1.82) is 0 Å². The van der Waals surface area contributed by atoms with Gasteiger partial charge in [-0.2, -0.15) is 19.5 Å². The van der Waals surface area contributed by atoms with E-state index in [0.29, 0.717) is 24.6 Å². The zero-order chi connectivity index (χ0) is 20.9. The van der Waals surface area contributed by atoms with Crippen LogP contribution in [0, 0.1) is 0 Å². The molecule has 12 heteroatoms. The molecule has 0 unspecified atom stereocenters. The summed E-state index contributed by atoms with van der Waals surface area (Å²) >= 11 is 0. The highest BCUT2D eigenvalue weighted by Gasteiger charge is 2.40. The van der Waals surface area contributed by atoms with Crippen LogP contribution in [0.3, 0.4) is 0 Å². The number of carbonyl (C=O) groups excluding carboxylic acids is 1. The molecule has 0 bridgehead atoms. The van der Waals surface area contributed by atoms with E-state index in [1.165, 1.54) is 15.7 Å². The molecule has 158 valence electrons. The monoisotopic (exact) mass is 418 g/mol. The van der Waals surface area contributed by atoms with E-state index < -0.39 is 12.0 Å². The van der Waals surface area contributed by atoms with Crippen LogP contribution in [0.25, 0.3) is 17.4 Å². The Hall–Kier alpha value is -3.31. The Morgan fingerprint density at radius 3 is 2.73 bits per heavy atom. The van der Waals surface area contributed by atoms with E-state index in [4.69, 9.17) is 10.2 Å². The average molecular weight is 418 g/mol. The molecule has 5 heterocycles. The highest BCUT2D eigenvalue weighted by molar-refractivity contribution is 5.85. The fourth-order valence-electron chi connectivity index (χ4n) is 3.96. The lowest BCUT2D eigenvalue weighted by Crippen LogP contribution is -2.50. The number of nitrogens with two attached hydrogens (primary N) is 1.